The summed E-state index contributed by atoms with van der Waals surface area (Å²) in [5.41, 5.74) is 0.969. The van der Waals surface area contributed by atoms with Crippen LogP contribution in [0.2, 0.25) is 0 Å². The molecule has 0 atom stereocenters. The van der Waals surface area contributed by atoms with Crippen LogP contribution in [0.1, 0.15) is 12.0 Å². The molecule has 1 amide bonds. The van der Waals surface area contributed by atoms with Gasteiger partial charge >= 0.3 is 5.97 Å². The van der Waals surface area contributed by atoms with Gasteiger partial charge in [-0.25, -0.2) is 0 Å². The second-order valence-corrected chi connectivity index (χ2v) is 5.48. The zero-order chi connectivity index (χ0) is 13.1. The fourth-order valence-electron chi connectivity index (χ4n) is 2.08. The van der Waals surface area contributed by atoms with Gasteiger partial charge in [0, 0.05) is 23.5 Å². The largest absolute Gasteiger partial charge is 0.481 e. The van der Waals surface area contributed by atoms with Crippen molar-refractivity contribution in [2.24, 2.45) is 5.92 Å². The maximum Gasteiger partial charge on any atom is 0.303 e. The van der Waals surface area contributed by atoms with Crippen molar-refractivity contribution in [1.82, 2.24) is 4.90 Å². The number of hydrogen-bond acceptors (Lipinski definition) is 2. The molecule has 1 saturated heterocycles. The maximum absolute atomic E-state index is 11.9. The van der Waals surface area contributed by atoms with E-state index in [0.717, 1.165) is 10.0 Å². The van der Waals surface area contributed by atoms with E-state index >= 15 is 0 Å². The highest BCUT2D eigenvalue weighted by atomic mass is 79.9. The summed E-state index contributed by atoms with van der Waals surface area (Å²) >= 11 is 3.37. The van der Waals surface area contributed by atoms with E-state index in [2.05, 4.69) is 15.9 Å². The summed E-state index contributed by atoms with van der Waals surface area (Å²) in [4.78, 5) is 24.1. The van der Waals surface area contributed by atoms with Crippen LogP contribution in [-0.2, 0) is 16.0 Å². The molecule has 0 aliphatic carbocycles. The van der Waals surface area contributed by atoms with E-state index < -0.39 is 5.97 Å². The molecule has 2 rings (SSSR count). The van der Waals surface area contributed by atoms with Gasteiger partial charge in [0.05, 0.1) is 12.8 Å². The van der Waals surface area contributed by atoms with Crippen molar-refractivity contribution in [3.05, 3.63) is 34.3 Å². The molecule has 1 aromatic carbocycles. The number of carboxylic acid groups (broad SMARTS) is 1. The fraction of sp³-hybridized carbons (Fsp3) is 0.385. The average molecular weight is 312 g/mol. The van der Waals surface area contributed by atoms with Gasteiger partial charge in [-0.1, -0.05) is 28.1 Å². The van der Waals surface area contributed by atoms with Crippen molar-refractivity contribution >= 4 is 27.8 Å². The molecule has 0 aromatic heterocycles. The normalized spacial score (nSPS) is 15.3. The Morgan fingerprint density at radius 2 is 2.11 bits per heavy atom. The van der Waals surface area contributed by atoms with E-state index in [1.807, 2.05) is 24.3 Å². The van der Waals surface area contributed by atoms with Gasteiger partial charge in [-0.15, -0.1) is 0 Å². The minimum absolute atomic E-state index is 0.0646. The molecule has 1 fully saturated rings. The lowest BCUT2D eigenvalue weighted by Gasteiger charge is -2.38. The molecule has 4 nitrogen and oxygen atoms in total. The Labute approximate surface area is 114 Å². The van der Waals surface area contributed by atoms with E-state index in [1.165, 1.54) is 0 Å². The third-order valence-electron chi connectivity index (χ3n) is 3.02. The second kappa shape index (κ2) is 5.52. The molecule has 0 bridgehead atoms. The minimum atomic E-state index is -0.793. The van der Waals surface area contributed by atoms with Gasteiger partial charge in [-0.05, 0) is 17.7 Å². The summed E-state index contributed by atoms with van der Waals surface area (Å²) in [6.07, 6.45) is 0.528. The third kappa shape index (κ3) is 3.32. The molecule has 0 spiro atoms. The highest BCUT2D eigenvalue weighted by molar-refractivity contribution is 9.10. The van der Waals surface area contributed by atoms with Gasteiger partial charge in [0.25, 0.3) is 0 Å². The molecule has 1 aliphatic rings. The first kappa shape index (κ1) is 13.1. The van der Waals surface area contributed by atoms with Gasteiger partial charge in [0.1, 0.15) is 0 Å². The smallest absolute Gasteiger partial charge is 0.303 e. The summed E-state index contributed by atoms with van der Waals surface area (Å²) in [5.74, 6) is -0.609. The highest BCUT2D eigenvalue weighted by Crippen LogP contribution is 2.20. The molecule has 0 saturated carbocycles. The Kier molecular flexibility index (Phi) is 4.01. The fourth-order valence-corrected chi connectivity index (χ4v) is 2.53. The van der Waals surface area contributed by atoms with Crippen LogP contribution in [0.3, 0.4) is 0 Å². The Bertz CT molecular complexity index is 469. The van der Waals surface area contributed by atoms with Crippen LogP contribution in [-0.4, -0.2) is 35.0 Å². The summed E-state index contributed by atoms with van der Waals surface area (Å²) in [6, 6.07) is 7.65. The van der Waals surface area contributed by atoms with Gasteiger partial charge in [-0.2, -0.15) is 0 Å². The number of carboxylic acids is 1. The lowest BCUT2D eigenvalue weighted by molar-refractivity contribution is -0.144. The molecule has 0 unspecified atom stereocenters. The number of nitrogens with zero attached hydrogens (tertiary/aromatic N) is 1. The monoisotopic (exact) mass is 311 g/mol. The topological polar surface area (TPSA) is 57.6 Å². The van der Waals surface area contributed by atoms with E-state index in [9.17, 15) is 9.59 Å². The molecule has 1 aliphatic heterocycles. The lowest BCUT2D eigenvalue weighted by atomic mass is 9.95. The molecule has 18 heavy (non-hydrogen) atoms. The number of carbonyl (C=O) groups excluding carboxylic acids is 1. The van der Waals surface area contributed by atoms with Gasteiger partial charge < -0.3 is 10.0 Å². The number of amides is 1. The van der Waals surface area contributed by atoms with Crippen LogP contribution >= 0.6 is 15.9 Å². The Morgan fingerprint density at radius 1 is 1.39 bits per heavy atom. The van der Waals surface area contributed by atoms with Gasteiger partial charge in [0.15, 0.2) is 0 Å². The van der Waals surface area contributed by atoms with Crippen molar-refractivity contribution in [3.63, 3.8) is 0 Å². The van der Waals surface area contributed by atoms with Crippen LogP contribution in [0.25, 0.3) is 0 Å². The standard InChI is InChI=1S/C13H14BrNO3/c14-11-3-1-2-9(4-11)5-12(16)15-7-10(8-15)6-13(17)18/h1-4,10H,5-8H2,(H,17,18). The molecular weight excluding hydrogens is 298 g/mol. The van der Waals surface area contributed by atoms with E-state index in [4.69, 9.17) is 5.11 Å². The number of halogens is 1. The number of likely N-dealkylation sites (tertiary alicyclic amines) is 1. The molecular formula is C13H14BrNO3. The first-order valence-corrected chi connectivity index (χ1v) is 6.58. The van der Waals surface area contributed by atoms with E-state index in [-0.39, 0.29) is 18.2 Å². The van der Waals surface area contributed by atoms with Crippen LogP contribution in [0.4, 0.5) is 0 Å². The predicted octanol–water partition coefficient (Wildman–Crippen LogP) is 1.92. The summed E-state index contributed by atoms with van der Waals surface area (Å²) in [5, 5.41) is 8.63. The first-order valence-electron chi connectivity index (χ1n) is 5.78. The molecule has 5 heteroatoms. The minimum Gasteiger partial charge on any atom is -0.481 e. The predicted molar refractivity (Wildman–Crippen MR) is 70.2 cm³/mol. The number of carbonyl (C=O) groups is 2. The van der Waals surface area contributed by atoms with Crippen LogP contribution in [0.15, 0.2) is 28.7 Å². The van der Waals surface area contributed by atoms with Crippen molar-refractivity contribution in [3.8, 4) is 0 Å². The number of benzene rings is 1. The second-order valence-electron chi connectivity index (χ2n) is 4.57. The van der Waals surface area contributed by atoms with Crippen molar-refractivity contribution in [1.29, 1.82) is 0 Å². The van der Waals surface area contributed by atoms with E-state index in [0.29, 0.717) is 19.5 Å². The molecule has 1 heterocycles. The summed E-state index contributed by atoms with van der Waals surface area (Å²) < 4.78 is 0.958. The molecule has 96 valence electrons. The Balaban J connectivity index is 1.82. The van der Waals surface area contributed by atoms with Crippen molar-refractivity contribution in [2.75, 3.05) is 13.1 Å². The molecule has 1 aromatic rings. The summed E-state index contributed by atoms with van der Waals surface area (Å²) in [7, 11) is 0. The van der Waals surface area contributed by atoms with Crippen LogP contribution < -0.4 is 0 Å². The zero-order valence-electron chi connectivity index (χ0n) is 9.80. The SMILES string of the molecule is O=C(O)CC1CN(C(=O)Cc2cccc(Br)c2)C1. The third-order valence-corrected chi connectivity index (χ3v) is 3.51. The summed E-state index contributed by atoms with van der Waals surface area (Å²) in [6.45, 7) is 1.14. The van der Waals surface area contributed by atoms with Crippen LogP contribution in [0, 0.1) is 5.92 Å². The number of rotatable bonds is 4. The quantitative estimate of drug-likeness (QED) is 0.924. The molecule has 1 N–H and O–H groups in total. The average Bonchev–Trinajstić information content (AvgIpc) is 2.22. The lowest BCUT2D eigenvalue weighted by Crippen LogP contribution is -2.51. The zero-order valence-corrected chi connectivity index (χ0v) is 11.4. The van der Waals surface area contributed by atoms with E-state index in [1.54, 1.807) is 4.90 Å². The van der Waals surface area contributed by atoms with Crippen molar-refractivity contribution < 1.29 is 14.7 Å². The highest BCUT2D eigenvalue weighted by Gasteiger charge is 2.31. The Morgan fingerprint density at radius 3 is 2.72 bits per heavy atom. The first-order chi connectivity index (χ1) is 8.54. The number of aliphatic carboxylic acids is 1. The maximum atomic E-state index is 11.9. The number of hydrogen-bond donors (Lipinski definition) is 1. The molecule has 0 radical (unpaired) electrons. The van der Waals surface area contributed by atoms with Crippen LogP contribution in [0.5, 0.6) is 0 Å². The van der Waals surface area contributed by atoms with Gasteiger partial charge in [-0.3, -0.25) is 9.59 Å². The van der Waals surface area contributed by atoms with Gasteiger partial charge in [0.2, 0.25) is 5.91 Å². The Hall–Kier alpha value is -1.36. The van der Waals surface area contributed by atoms with Crippen molar-refractivity contribution in [2.45, 2.75) is 12.8 Å².